The SMILES string of the molecule is CC(=O)C1(c2cccc(C#N)c2)CC1. The van der Waals surface area contributed by atoms with Crippen molar-refractivity contribution in [3.8, 4) is 6.07 Å². The van der Waals surface area contributed by atoms with Gasteiger partial charge in [0, 0.05) is 0 Å². The van der Waals surface area contributed by atoms with Crippen LogP contribution in [0.4, 0.5) is 0 Å². The van der Waals surface area contributed by atoms with Crippen molar-refractivity contribution in [3.05, 3.63) is 35.4 Å². The second-order valence-corrected chi connectivity index (χ2v) is 3.83. The van der Waals surface area contributed by atoms with Crippen LogP contribution in [-0.4, -0.2) is 5.78 Å². The molecule has 0 radical (unpaired) electrons. The zero-order valence-electron chi connectivity index (χ0n) is 8.08. The summed E-state index contributed by atoms with van der Waals surface area (Å²) in [6, 6.07) is 9.47. The Labute approximate surface area is 83.2 Å². The molecule has 0 saturated heterocycles. The van der Waals surface area contributed by atoms with Gasteiger partial charge in [-0.05, 0) is 37.5 Å². The smallest absolute Gasteiger partial charge is 0.140 e. The van der Waals surface area contributed by atoms with Crippen LogP contribution in [0.25, 0.3) is 0 Å². The monoisotopic (exact) mass is 185 g/mol. The van der Waals surface area contributed by atoms with Gasteiger partial charge in [0.2, 0.25) is 0 Å². The molecular formula is C12H11NO. The number of rotatable bonds is 2. The molecule has 0 aromatic heterocycles. The van der Waals surface area contributed by atoms with Gasteiger partial charge in [-0.2, -0.15) is 5.26 Å². The molecule has 1 aliphatic carbocycles. The molecule has 1 aliphatic rings. The summed E-state index contributed by atoms with van der Waals surface area (Å²) in [6.07, 6.45) is 1.86. The fourth-order valence-corrected chi connectivity index (χ4v) is 1.86. The molecule has 2 heteroatoms. The van der Waals surface area contributed by atoms with Crippen LogP contribution in [-0.2, 0) is 10.2 Å². The van der Waals surface area contributed by atoms with E-state index in [0.29, 0.717) is 5.56 Å². The second kappa shape index (κ2) is 2.95. The van der Waals surface area contributed by atoms with Crippen LogP contribution in [0.5, 0.6) is 0 Å². The van der Waals surface area contributed by atoms with Gasteiger partial charge in [-0.15, -0.1) is 0 Å². The molecule has 2 nitrogen and oxygen atoms in total. The van der Waals surface area contributed by atoms with E-state index in [9.17, 15) is 4.79 Å². The van der Waals surface area contributed by atoms with Crippen molar-refractivity contribution in [1.82, 2.24) is 0 Å². The van der Waals surface area contributed by atoms with E-state index in [-0.39, 0.29) is 11.2 Å². The standard InChI is InChI=1S/C12H11NO/c1-9(14)12(5-6-12)11-4-2-3-10(7-11)8-13/h2-4,7H,5-6H2,1H3. The summed E-state index contributed by atoms with van der Waals surface area (Å²) in [7, 11) is 0. The van der Waals surface area contributed by atoms with Gasteiger partial charge in [0.05, 0.1) is 17.0 Å². The molecule has 1 aromatic carbocycles. The van der Waals surface area contributed by atoms with E-state index in [4.69, 9.17) is 5.26 Å². The molecule has 0 unspecified atom stereocenters. The van der Waals surface area contributed by atoms with Gasteiger partial charge in [-0.1, -0.05) is 12.1 Å². The topological polar surface area (TPSA) is 40.9 Å². The number of hydrogen-bond donors (Lipinski definition) is 0. The van der Waals surface area contributed by atoms with E-state index in [1.807, 2.05) is 18.2 Å². The Morgan fingerprint density at radius 3 is 2.71 bits per heavy atom. The van der Waals surface area contributed by atoms with Gasteiger partial charge in [0.1, 0.15) is 5.78 Å². The lowest BCUT2D eigenvalue weighted by atomic mass is 9.91. The van der Waals surface area contributed by atoms with Gasteiger partial charge in [0.15, 0.2) is 0 Å². The van der Waals surface area contributed by atoms with Gasteiger partial charge in [-0.3, -0.25) is 4.79 Å². The van der Waals surface area contributed by atoms with Gasteiger partial charge in [-0.25, -0.2) is 0 Å². The maximum atomic E-state index is 11.4. The maximum Gasteiger partial charge on any atom is 0.140 e. The second-order valence-electron chi connectivity index (χ2n) is 3.83. The van der Waals surface area contributed by atoms with Crippen LogP contribution in [0, 0.1) is 11.3 Å². The van der Waals surface area contributed by atoms with E-state index < -0.39 is 0 Å². The highest BCUT2D eigenvalue weighted by molar-refractivity contribution is 5.91. The molecule has 1 fully saturated rings. The highest BCUT2D eigenvalue weighted by Crippen LogP contribution is 2.48. The normalized spacial score (nSPS) is 17.1. The summed E-state index contributed by atoms with van der Waals surface area (Å²) < 4.78 is 0. The third kappa shape index (κ3) is 1.22. The fourth-order valence-electron chi connectivity index (χ4n) is 1.86. The van der Waals surface area contributed by atoms with Crippen LogP contribution < -0.4 is 0 Å². The van der Waals surface area contributed by atoms with Crippen LogP contribution in [0.3, 0.4) is 0 Å². The third-order valence-electron chi connectivity index (χ3n) is 2.97. The molecule has 2 rings (SSSR count). The molecule has 70 valence electrons. The lowest BCUT2D eigenvalue weighted by Crippen LogP contribution is -2.16. The maximum absolute atomic E-state index is 11.4. The average Bonchev–Trinajstić information content (AvgIpc) is 2.98. The highest BCUT2D eigenvalue weighted by Gasteiger charge is 2.48. The van der Waals surface area contributed by atoms with E-state index in [1.165, 1.54) is 0 Å². The minimum absolute atomic E-state index is 0.215. The Hall–Kier alpha value is -1.62. The molecule has 0 amide bonds. The Kier molecular flexibility index (Phi) is 1.89. The molecule has 1 saturated carbocycles. The van der Waals surface area contributed by atoms with Gasteiger partial charge >= 0.3 is 0 Å². The molecular weight excluding hydrogens is 174 g/mol. The van der Waals surface area contributed by atoms with Crippen LogP contribution in [0.2, 0.25) is 0 Å². The summed E-state index contributed by atoms with van der Waals surface area (Å²) in [4.78, 5) is 11.4. The molecule has 0 aliphatic heterocycles. The lowest BCUT2D eigenvalue weighted by Gasteiger charge is -2.11. The van der Waals surface area contributed by atoms with Crippen molar-refractivity contribution in [2.75, 3.05) is 0 Å². The number of nitrogens with zero attached hydrogens (tertiary/aromatic N) is 1. The molecule has 0 N–H and O–H groups in total. The van der Waals surface area contributed by atoms with Crippen molar-refractivity contribution in [2.45, 2.75) is 25.2 Å². The Morgan fingerprint density at radius 1 is 1.50 bits per heavy atom. The third-order valence-corrected chi connectivity index (χ3v) is 2.97. The van der Waals surface area contributed by atoms with Crippen LogP contribution in [0.15, 0.2) is 24.3 Å². The molecule has 0 bridgehead atoms. The highest BCUT2D eigenvalue weighted by atomic mass is 16.1. The predicted octanol–water partition coefficient (Wildman–Crippen LogP) is 2.18. The zero-order chi connectivity index (χ0) is 10.2. The lowest BCUT2D eigenvalue weighted by molar-refractivity contribution is -0.119. The number of Topliss-reactive ketones (excluding diaryl/α,β-unsaturated/α-hetero) is 1. The predicted molar refractivity (Wildman–Crippen MR) is 52.8 cm³/mol. The number of ketones is 1. The first-order valence-electron chi connectivity index (χ1n) is 4.71. The van der Waals surface area contributed by atoms with Gasteiger partial charge in [0.25, 0.3) is 0 Å². The van der Waals surface area contributed by atoms with E-state index in [1.54, 1.807) is 13.0 Å². The zero-order valence-corrected chi connectivity index (χ0v) is 8.08. The first-order chi connectivity index (χ1) is 6.69. The minimum Gasteiger partial charge on any atom is -0.299 e. The fraction of sp³-hybridized carbons (Fsp3) is 0.333. The van der Waals surface area contributed by atoms with Crippen molar-refractivity contribution >= 4 is 5.78 Å². The number of nitriles is 1. The van der Waals surface area contributed by atoms with Gasteiger partial charge < -0.3 is 0 Å². The Morgan fingerprint density at radius 2 is 2.21 bits per heavy atom. The summed E-state index contributed by atoms with van der Waals surface area (Å²) >= 11 is 0. The molecule has 0 spiro atoms. The molecule has 1 aromatic rings. The average molecular weight is 185 g/mol. The summed E-state index contributed by atoms with van der Waals surface area (Å²) in [5.41, 5.74) is 1.38. The number of hydrogen-bond acceptors (Lipinski definition) is 2. The van der Waals surface area contributed by atoms with Crippen molar-refractivity contribution < 1.29 is 4.79 Å². The largest absolute Gasteiger partial charge is 0.299 e. The van der Waals surface area contributed by atoms with Crippen LogP contribution >= 0.6 is 0 Å². The van der Waals surface area contributed by atoms with E-state index in [2.05, 4.69) is 6.07 Å². The molecule has 0 heterocycles. The minimum atomic E-state index is -0.257. The summed E-state index contributed by atoms with van der Waals surface area (Å²) in [5.74, 6) is 0.215. The Balaban J connectivity index is 2.43. The van der Waals surface area contributed by atoms with E-state index in [0.717, 1.165) is 18.4 Å². The first kappa shape index (κ1) is 8.96. The number of benzene rings is 1. The quantitative estimate of drug-likeness (QED) is 0.708. The molecule has 0 atom stereocenters. The first-order valence-corrected chi connectivity index (χ1v) is 4.71. The van der Waals surface area contributed by atoms with Crippen LogP contribution in [0.1, 0.15) is 30.9 Å². The molecule has 14 heavy (non-hydrogen) atoms. The summed E-state index contributed by atoms with van der Waals surface area (Å²) in [6.45, 7) is 1.63. The number of carbonyl (C=O) groups is 1. The Bertz CT molecular complexity index is 424. The van der Waals surface area contributed by atoms with Crippen molar-refractivity contribution in [2.24, 2.45) is 0 Å². The summed E-state index contributed by atoms with van der Waals surface area (Å²) in [5, 5.41) is 8.75. The van der Waals surface area contributed by atoms with Crippen molar-refractivity contribution in [1.29, 1.82) is 5.26 Å². The van der Waals surface area contributed by atoms with Crippen molar-refractivity contribution in [3.63, 3.8) is 0 Å². The number of carbonyl (C=O) groups excluding carboxylic acids is 1. The van der Waals surface area contributed by atoms with E-state index >= 15 is 0 Å².